The molecule has 4 nitrogen and oxygen atoms in total. The zero-order valence-electron chi connectivity index (χ0n) is 11.1. The normalized spacial score (nSPS) is 10.3. The van der Waals surface area contributed by atoms with Crippen LogP contribution in [0.2, 0.25) is 15.1 Å². The highest BCUT2D eigenvalue weighted by Crippen LogP contribution is 2.37. The van der Waals surface area contributed by atoms with Gasteiger partial charge in [-0.1, -0.05) is 34.8 Å². The Hall–Kier alpha value is -1.49. The van der Waals surface area contributed by atoms with E-state index in [9.17, 15) is 4.79 Å². The Kier molecular flexibility index (Phi) is 4.93. The van der Waals surface area contributed by atoms with Crippen LogP contribution in [-0.4, -0.2) is 25.2 Å². The van der Waals surface area contributed by atoms with E-state index in [0.29, 0.717) is 17.0 Å². The lowest BCUT2D eigenvalue weighted by atomic mass is 10.1. The highest BCUT2D eigenvalue weighted by Gasteiger charge is 2.16. The predicted octanol–water partition coefficient (Wildman–Crippen LogP) is 4.50. The molecule has 0 aliphatic rings. The lowest BCUT2D eigenvalue weighted by molar-refractivity contribution is 0.0594. The first-order valence-electron chi connectivity index (χ1n) is 5.76. The van der Waals surface area contributed by atoms with Gasteiger partial charge in [-0.25, -0.2) is 9.78 Å². The van der Waals surface area contributed by atoms with Crippen molar-refractivity contribution in [3.8, 4) is 17.0 Å². The Balaban J connectivity index is 2.63. The van der Waals surface area contributed by atoms with Crippen molar-refractivity contribution in [3.05, 3.63) is 45.0 Å². The van der Waals surface area contributed by atoms with Gasteiger partial charge in [0.15, 0.2) is 0 Å². The summed E-state index contributed by atoms with van der Waals surface area (Å²) in [4.78, 5) is 15.8. The number of benzene rings is 1. The van der Waals surface area contributed by atoms with Crippen LogP contribution in [0.5, 0.6) is 5.75 Å². The van der Waals surface area contributed by atoms with E-state index < -0.39 is 5.97 Å². The van der Waals surface area contributed by atoms with E-state index in [4.69, 9.17) is 39.5 Å². The number of pyridine rings is 1. The van der Waals surface area contributed by atoms with Crippen LogP contribution in [0.15, 0.2) is 24.3 Å². The number of carbonyl (C=O) groups excluding carboxylic acids is 1. The van der Waals surface area contributed by atoms with Gasteiger partial charge in [-0.05, 0) is 24.3 Å². The second-order valence-corrected chi connectivity index (χ2v) is 5.19. The topological polar surface area (TPSA) is 48.4 Å². The van der Waals surface area contributed by atoms with Gasteiger partial charge in [-0.15, -0.1) is 0 Å². The van der Waals surface area contributed by atoms with E-state index in [-0.39, 0.29) is 20.8 Å². The molecule has 1 aromatic carbocycles. The molecule has 2 aromatic rings. The van der Waals surface area contributed by atoms with Crippen molar-refractivity contribution >= 4 is 40.8 Å². The zero-order chi connectivity index (χ0) is 15.6. The van der Waals surface area contributed by atoms with Crippen LogP contribution in [0.25, 0.3) is 11.3 Å². The minimum Gasteiger partial charge on any atom is -0.494 e. The Morgan fingerprint density at radius 2 is 1.71 bits per heavy atom. The second kappa shape index (κ2) is 6.52. The first-order valence-corrected chi connectivity index (χ1v) is 6.89. The third-order valence-electron chi connectivity index (χ3n) is 2.73. The lowest BCUT2D eigenvalue weighted by Gasteiger charge is -2.11. The molecule has 1 aromatic heterocycles. The van der Waals surface area contributed by atoms with Crippen LogP contribution in [0.3, 0.4) is 0 Å². The van der Waals surface area contributed by atoms with Gasteiger partial charge in [0.2, 0.25) is 0 Å². The number of hydrogen-bond donors (Lipinski definition) is 0. The third-order valence-corrected chi connectivity index (χ3v) is 3.93. The van der Waals surface area contributed by atoms with Crippen molar-refractivity contribution in [2.75, 3.05) is 14.2 Å². The fraction of sp³-hybridized carbons (Fsp3) is 0.143. The lowest BCUT2D eigenvalue weighted by Crippen LogP contribution is -2.05. The first kappa shape index (κ1) is 15.9. The summed E-state index contributed by atoms with van der Waals surface area (Å²) in [6, 6.07) is 6.32. The number of carbonyl (C=O) groups is 1. The van der Waals surface area contributed by atoms with E-state index in [0.717, 1.165) is 0 Å². The van der Waals surface area contributed by atoms with Gasteiger partial charge in [-0.2, -0.15) is 0 Å². The molecular formula is C14H10Cl3NO3. The molecule has 0 unspecified atom stereocenters. The summed E-state index contributed by atoms with van der Waals surface area (Å²) < 4.78 is 9.90. The van der Waals surface area contributed by atoms with Gasteiger partial charge in [-0.3, -0.25) is 0 Å². The smallest absolute Gasteiger partial charge is 0.356 e. The molecule has 0 fully saturated rings. The fourth-order valence-corrected chi connectivity index (χ4v) is 2.32. The van der Waals surface area contributed by atoms with Crippen LogP contribution in [0, 0.1) is 0 Å². The summed E-state index contributed by atoms with van der Waals surface area (Å²) in [6.45, 7) is 0. The summed E-state index contributed by atoms with van der Waals surface area (Å²) in [6.07, 6.45) is 0. The van der Waals surface area contributed by atoms with Crippen LogP contribution in [0.4, 0.5) is 0 Å². The van der Waals surface area contributed by atoms with Gasteiger partial charge in [0.1, 0.15) is 17.1 Å². The van der Waals surface area contributed by atoms with Gasteiger partial charge in [0.05, 0.1) is 29.3 Å². The minimum atomic E-state index is -0.551. The van der Waals surface area contributed by atoms with Crippen molar-refractivity contribution in [1.29, 1.82) is 0 Å². The fourth-order valence-electron chi connectivity index (χ4n) is 1.73. The average molecular weight is 347 g/mol. The largest absolute Gasteiger partial charge is 0.494 e. The molecule has 7 heteroatoms. The molecular weight excluding hydrogens is 337 g/mol. The summed E-state index contributed by atoms with van der Waals surface area (Å²) >= 11 is 18.0. The van der Waals surface area contributed by atoms with Crippen molar-refractivity contribution in [2.24, 2.45) is 0 Å². The van der Waals surface area contributed by atoms with Gasteiger partial charge in [0, 0.05) is 5.56 Å². The Morgan fingerprint density at radius 3 is 2.24 bits per heavy atom. The molecule has 0 amide bonds. The number of halogens is 3. The average Bonchev–Trinajstić information content (AvgIpc) is 2.50. The molecule has 1 heterocycles. The quantitative estimate of drug-likeness (QED) is 0.606. The maximum Gasteiger partial charge on any atom is 0.356 e. The standard InChI is InChI=1S/C14H10Cl3NO3/c1-20-11-4-3-10(14(19)21-2)18-13(11)7-5-8(15)12(17)9(16)6-7/h3-6H,1-2H3. The summed E-state index contributed by atoms with van der Waals surface area (Å²) in [7, 11) is 2.78. The number of nitrogens with zero attached hydrogens (tertiary/aromatic N) is 1. The molecule has 0 radical (unpaired) electrons. The van der Waals surface area contributed by atoms with Crippen LogP contribution < -0.4 is 4.74 Å². The van der Waals surface area contributed by atoms with Gasteiger partial charge < -0.3 is 9.47 Å². The van der Waals surface area contributed by atoms with E-state index in [2.05, 4.69) is 9.72 Å². The maximum atomic E-state index is 11.6. The highest BCUT2D eigenvalue weighted by molar-refractivity contribution is 6.48. The molecule has 21 heavy (non-hydrogen) atoms. The van der Waals surface area contributed by atoms with E-state index >= 15 is 0 Å². The van der Waals surface area contributed by atoms with Gasteiger partial charge in [0.25, 0.3) is 0 Å². The highest BCUT2D eigenvalue weighted by atomic mass is 35.5. The van der Waals surface area contributed by atoms with Crippen LogP contribution in [0.1, 0.15) is 10.5 Å². The predicted molar refractivity (Wildman–Crippen MR) is 82.6 cm³/mol. The SMILES string of the molecule is COC(=O)c1ccc(OC)c(-c2cc(Cl)c(Cl)c(Cl)c2)n1. The molecule has 0 aliphatic carbocycles. The molecule has 0 saturated carbocycles. The number of aromatic nitrogens is 1. The van der Waals surface area contributed by atoms with E-state index in [1.54, 1.807) is 18.2 Å². The van der Waals surface area contributed by atoms with E-state index in [1.807, 2.05) is 0 Å². The molecule has 0 N–H and O–H groups in total. The Morgan fingerprint density at radius 1 is 1.10 bits per heavy atom. The number of hydrogen-bond acceptors (Lipinski definition) is 4. The molecule has 0 saturated heterocycles. The van der Waals surface area contributed by atoms with Crippen molar-refractivity contribution in [2.45, 2.75) is 0 Å². The number of rotatable bonds is 3. The van der Waals surface area contributed by atoms with Crippen molar-refractivity contribution in [1.82, 2.24) is 4.98 Å². The van der Waals surface area contributed by atoms with Crippen molar-refractivity contribution in [3.63, 3.8) is 0 Å². The molecule has 2 rings (SSSR count). The molecule has 0 atom stereocenters. The monoisotopic (exact) mass is 345 g/mol. The molecule has 110 valence electrons. The Bertz CT molecular complexity index is 681. The van der Waals surface area contributed by atoms with Crippen molar-refractivity contribution < 1.29 is 14.3 Å². The number of methoxy groups -OCH3 is 2. The van der Waals surface area contributed by atoms with Crippen LogP contribution >= 0.6 is 34.8 Å². The number of esters is 1. The van der Waals surface area contributed by atoms with E-state index in [1.165, 1.54) is 20.3 Å². The first-order chi connectivity index (χ1) is 9.97. The summed E-state index contributed by atoms with van der Waals surface area (Å²) in [5.41, 5.74) is 1.15. The number of ether oxygens (including phenoxy) is 2. The summed E-state index contributed by atoms with van der Waals surface area (Å²) in [5.74, 6) is -0.0813. The molecule has 0 spiro atoms. The Labute approximate surface area is 136 Å². The van der Waals surface area contributed by atoms with Crippen LogP contribution in [-0.2, 0) is 4.74 Å². The molecule has 0 bridgehead atoms. The third kappa shape index (κ3) is 3.23. The summed E-state index contributed by atoms with van der Waals surface area (Å²) in [5, 5.41) is 0.822. The second-order valence-electron chi connectivity index (χ2n) is 3.99. The molecule has 0 aliphatic heterocycles. The minimum absolute atomic E-state index is 0.149. The maximum absolute atomic E-state index is 11.6. The van der Waals surface area contributed by atoms with Gasteiger partial charge >= 0.3 is 5.97 Å². The zero-order valence-corrected chi connectivity index (χ0v) is 13.4.